The summed E-state index contributed by atoms with van der Waals surface area (Å²) in [5.74, 6) is 0. The fourth-order valence-electron chi connectivity index (χ4n) is 5.02. The molecule has 0 spiro atoms. The van der Waals surface area contributed by atoms with Crippen LogP contribution >= 0.6 is 23.2 Å². The molecule has 36 heavy (non-hydrogen) atoms. The van der Waals surface area contributed by atoms with Crippen LogP contribution in [0.4, 0.5) is 5.69 Å². The van der Waals surface area contributed by atoms with Gasteiger partial charge in [0.1, 0.15) is 5.41 Å². The first-order valence-electron chi connectivity index (χ1n) is 12.8. The largest absolute Gasteiger partial charge is 0.368 e. The van der Waals surface area contributed by atoms with E-state index < -0.39 is 5.41 Å². The fraction of sp³-hybridized carbons (Fsp3) is 0.367. The van der Waals surface area contributed by atoms with Crippen LogP contribution < -0.4 is 10.2 Å². The van der Waals surface area contributed by atoms with Crippen molar-refractivity contribution in [1.29, 1.82) is 5.26 Å². The lowest BCUT2D eigenvalue weighted by atomic mass is 9.73. The van der Waals surface area contributed by atoms with E-state index in [1.165, 1.54) is 0 Å². The van der Waals surface area contributed by atoms with Gasteiger partial charge in [-0.15, -0.1) is 0 Å². The number of hydrogen-bond donors (Lipinski definition) is 1. The smallest absolute Gasteiger partial charge is 0.108 e. The minimum Gasteiger partial charge on any atom is -0.368 e. The highest BCUT2D eigenvalue weighted by Gasteiger charge is 2.33. The third kappa shape index (κ3) is 6.41. The van der Waals surface area contributed by atoms with Gasteiger partial charge in [0.2, 0.25) is 0 Å². The number of nitriles is 1. The van der Waals surface area contributed by atoms with Gasteiger partial charge in [0, 0.05) is 26.2 Å². The molecule has 1 heterocycles. The average molecular weight is 522 g/mol. The fourth-order valence-corrected chi connectivity index (χ4v) is 5.44. The van der Waals surface area contributed by atoms with Crippen LogP contribution in [0.2, 0.25) is 10.0 Å². The highest BCUT2D eigenvalue weighted by atomic mass is 35.5. The standard InChI is InChI=1S/C30H34Cl2N4/c31-27-14-9-15-28(29(27)32)36-22-20-35(21-23-36)19-8-7-17-34-18-16-30(24-33,25-10-3-1-4-11-25)26-12-5-2-6-13-26/h1-6,9-15,34H,7-8,16-23H2. The maximum Gasteiger partial charge on any atom is 0.108 e. The van der Waals surface area contributed by atoms with Crippen molar-refractivity contribution in [3.63, 3.8) is 0 Å². The number of nitrogens with zero attached hydrogens (tertiary/aromatic N) is 3. The number of halogens is 2. The Morgan fingerprint density at radius 2 is 1.42 bits per heavy atom. The van der Waals surface area contributed by atoms with Crippen LogP contribution in [0, 0.1) is 11.3 Å². The van der Waals surface area contributed by atoms with Crippen molar-refractivity contribution in [3.8, 4) is 6.07 Å². The van der Waals surface area contributed by atoms with Gasteiger partial charge in [-0.05, 0) is 62.2 Å². The first kappa shape index (κ1) is 26.5. The Bertz CT molecular complexity index is 1080. The molecule has 0 amide bonds. The molecule has 3 aromatic rings. The number of piperazine rings is 1. The Hall–Kier alpha value is -2.55. The Kier molecular flexibility index (Phi) is 9.67. The minimum absolute atomic E-state index is 0.614. The second-order valence-electron chi connectivity index (χ2n) is 9.36. The summed E-state index contributed by atoms with van der Waals surface area (Å²) in [5, 5.41) is 15.1. The van der Waals surface area contributed by atoms with Crippen LogP contribution in [0.15, 0.2) is 78.9 Å². The minimum atomic E-state index is -0.638. The molecule has 1 fully saturated rings. The zero-order valence-corrected chi connectivity index (χ0v) is 22.2. The van der Waals surface area contributed by atoms with Crippen LogP contribution in [0.25, 0.3) is 0 Å². The Labute approximate surface area is 225 Å². The van der Waals surface area contributed by atoms with E-state index in [1.807, 2.05) is 54.6 Å². The summed E-state index contributed by atoms with van der Waals surface area (Å²) in [5.41, 5.74) is 2.51. The molecule has 4 rings (SSSR count). The van der Waals surface area contributed by atoms with E-state index in [9.17, 15) is 5.26 Å². The van der Waals surface area contributed by atoms with E-state index in [1.54, 1.807) is 0 Å². The zero-order chi connectivity index (χ0) is 25.2. The third-order valence-corrected chi connectivity index (χ3v) is 7.93. The van der Waals surface area contributed by atoms with Crippen molar-refractivity contribution in [2.75, 3.05) is 50.7 Å². The summed E-state index contributed by atoms with van der Waals surface area (Å²) >= 11 is 12.6. The molecule has 0 saturated carbocycles. The molecule has 0 bridgehead atoms. The quantitative estimate of drug-likeness (QED) is 0.297. The number of hydrogen-bond acceptors (Lipinski definition) is 4. The predicted octanol–water partition coefficient (Wildman–Crippen LogP) is 6.39. The van der Waals surface area contributed by atoms with Gasteiger partial charge in [-0.1, -0.05) is 89.9 Å². The van der Waals surface area contributed by atoms with Crippen molar-refractivity contribution in [2.45, 2.75) is 24.7 Å². The Morgan fingerprint density at radius 3 is 2.03 bits per heavy atom. The van der Waals surface area contributed by atoms with E-state index in [0.29, 0.717) is 10.0 Å². The molecule has 1 saturated heterocycles. The molecule has 4 nitrogen and oxygen atoms in total. The second kappa shape index (κ2) is 13.1. The summed E-state index contributed by atoms with van der Waals surface area (Å²) in [4.78, 5) is 4.85. The van der Waals surface area contributed by atoms with Gasteiger partial charge in [-0.25, -0.2) is 0 Å². The maximum absolute atomic E-state index is 10.3. The molecule has 0 unspecified atom stereocenters. The molecule has 188 valence electrons. The first-order valence-corrected chi connectivity index (χ1v) is 13.5. The molecule has 0 aromatic heterocycles. The summed E-state index contributed by atoms with van der Waals surface area (Å²) in [6, 6.07) is 28.8. The van der Waals surface area contributed by atoms with Gasteiger partial charge >= 0.3 is 0 Å². The maximum atomic E-state index is 10.3. The van der Waals surface area contributed by atoms with Crippen molar-refractivity contribution < 1.29 is 0 Å². The van der Waals surface area contributed by atoms with Crippen LogP contribution in [0.3, 0.4) is 0 Å². The van der Waals surface area contributed by atoms with Crippen LogP contribution in [0.1, 0.15) is 30.4 Å². The van der Waals surface area contributed by atoms with Gasteiger partial charge in [0.25, 0.3) is 0 Å². The number of nitrogens with one attached hydrogen (secondary N) is 1. The van der Waals surface area contributed by atoms with Crippen molar-refractivity contribution in [1.82, 2.24) is 10.2 Å². The molecule has 1 aliphatic rings. The van der Waals surface area contributed by atoms with Gasteiger partial charge in [-0.2, -0.15) is 5.26 Å². The molecular formula is C30H34Cl2N4. The molecule has 1 aliphatic heterocycles. The second-order valence-corrected chi connectivity index (χ2v) is 10.1. The molecule has 0 atom stereocenters. The summed E-state index contributed by atoms with van der Waals surface area (Å²) in [6.45, 7) is 6.87. The zero-order valence-electron chi connectivity index (χ0n) is 20.7. The normalized spacial score (nSPS) is 14.5. The highest BCUT2D eigenvalue weighted by molar-refractivity contribution is 6.43. The van der Waals surface area contributed by atoms with E-state index in [0.717, 1.165) is 81.9 Å². The van der Waals surface area contributed by atoms with Crippen molar-refractivity contribution >= 4 is 28.9 Å². The van der Waals surface area contributed by atoms with Gasteiger partial charge in [-0.3, -0.25) is 4.90 Å². The lowest BCUT2D eigenvalue weighted by Crippen LogP contribution is -2.46. The van der Waals surface area contributed by atoms with Crippen LogP contribution in [-0.4, -0.2) is 50.7 Å². The third-order valence-electron chi connectivity index (χ3n) is 7.12. The average Bonchev–Trinajstić information content (AvgIpc) is 2.93. The molecule has 6 heteroatoms. The van der Waals surface area contributed by atoms with Crippen molar-refractivity contribution in [3.05, 3.63) is 100 Å². The van der Waals surface area contributed by atoms with Gasteiger partial charge in [0.15, 0.2) is 0 Å². The van der Waals surface area contributed by atoms with Crippen molar-refractivity contribution in [2.24, 2.45) is 0 Å². The molecule has 1 N–H and O–H groups in total. The summed E-state index contributed by atoms with van der Waals surface area (Å²) in [6.07, 6.45) is 3.02. The lowest BCUT2D eigenvalue weighted by molar-refractivity contribution is 0.252. The van der Waals surface area contributed by atoms with Gasteiger partial charge < -0.3 is 10.2 Å². The summed E-state index contributed by atoms with van der Waals surface area (Å²) < 4.78 is 0. The lowest BCUT2D eigenvalue weighted by Gasteiger charge is -2.36. The SMILES string of the molecule is N#CC(CCNCCCCN1CCN(c2cccc(Cl)c2Cl)CC1)(c1ccccc1)c1ccccc1. The number of rotatable bonds is 11. The molecule has 0 aliphatic carbocycles. The molecule has 0 radical (unpaired) electrons. The number of anilines is 1. The molecular weight excluding hydrogens is 487 g/mol. The number of unbranched alkanes of at least 4 members (excludes halogenated alkanes) is 1. The van der Waals surface area contributed by atoms with E-state index >= 15 is 0 Å². The van der Waals surface area contributed by atoms with E-state index in [2.05, 4.69) is 45.5 Å². The number of benzene rings is 3. The van der Waals surface area contributed by atoms with E-state index in [-0.39, 0.29) is 0 Å². The predicted molar refractivity (Wildman–Crippen MR) is 151 cm³/mol. The molecule has 3 aromatic carbocycles. The van der Waals surface area contributed by atoms with Gasteiger partial charge in [0.05, 0.1) is 21.8 Å². The van der Waals surface area contributed by atoms with E-state index in [4.69, 9.17) is 23.2 Å². The Balaban J connectivity index is 1.19. The highest BCUT2D eigenvalue weighted by Crippen LogP contribution is 2.35. The first-order chi connectivity index (χ1) is 17.6. The summed E-state index contributed by atoms with van der Waals surface area (Å²) in [7, 11) is 0. The van der Waals surface area contributed by atoms with Crippen LogP contribution in [-0.2, 0) is 5.41 Å². The Morgan fingerprint density at radius 1 is 0.778 bits per heavy atom. The topological polar surface area (TPSA) is 42.3 Å². The van der Waals surface area contributed by atoms with Crippen LogP contribution in [0.5, 0.6) is 0 Å². The monoisotopic (exact) mass is 520 g/mol.